The van der Waals surface area contributed by atoms with Crippen LogP contribution in [0.25, 0.3) is 0 Å². The third-order valence-corrected chi connectivity index (χ3v) is 2.91. The number of benzene rings is 2. The van der Waals surface area contributed by atoms with Gasteiger partial charge in [0.05, 0.1) is 0 Å². The summed E-state index contributed by atoms with van der Waals surface area (Å²) >= 11 is 11.9. The number of halogens is 2. The molecule has 0 unspecified atom stereocenters. The standard InChI is InChI=1S/C13H11Cl2NO/c1-16(11-2-4-13(17)5-3-11)12-7-9(14)6-10(15)8-12/h2-8,17H,1H3. The Hall–Kier alpha value is -1.38. The topological polar surface area (TPSA) is 23.5 Å². The molecule has 0 saturated carbocycles. The molecule has 0 amide bonds. The highest BCUT2D eigenvalue weighted by atomic mass is 35.5. The molecule has 0 aliphatic heterocycles. The smallest absolute Gasteiger partial charge is 0.115 e. The summed E-state index contributed by atoms with van der Waals surface area (Å²) in [6.07, 6.45) is 0. The lowest BCUT2D eigenvalue weighted by molar-refractivity contribution is 0.475. The minimum absolute atomic E-state index is 0.242. The second kappa shape index (κ2) is 4.86. The lowest BCUT2D eigenvalue weighted by Gasteiger charge is -2.20. The summed E-state index contributed by atoms with van der Waals surface area (Å²) in [5, 5.41) is 10.4. The zero-order valence-corrected chi connectivity index (χ0v) is 10.7. The zero-order valence-electron chi connectivity index (χ0n) is 9.19. The Balaban J connectivity index is 2.36. The van der Waals surface area contributed by atoms with Gasteiger partial charge in [0.25, 0.3) is 0 Å². The molecule has 0 aromatic heterocycles. The van der Waals surface area contributed by atoms with Crippen molar-refractivity contribution in [1.29, 1.82) is 0 Å². The van der Waals surface area contributed by atoms with Crippen molar-refractivity contribution in [2.45, 2.75) is 0 Å². The van der Waals surface area contributed by atoms with Gasteiger partial charge in [-0.3, -0.25) is 0 Å². The van der Waals surface area contributed by atoms with Gasteiger partial charge in [-0.1, -0.05) is 23.2 Å². The van der Waals surface area contributed by atoms with Crippen LogP contribution < -0.4 is 4.90 Å². The first-order valence-electron chi connectivity index (χ1n) is 5.05. The van der Waals surface area contributed by atoms with Gasteiger partial charge in [-0.05, 0) is 42.5 Å². The first kappa shape index (κ1) is 12.1. The molecule has 2 aromatic carbocycles. The summed E-state index contributed by atoms with van der Waals surface area (Å²) in [4.78, 5) is 1.94. The largest absolute Gasteiger partial charge is 0.508 e. The van der Waals surface area contributed by atoms with Crippen molar-refractivity contribution in [2.24, 2.45) is 0 Å². The van der Waals surface area contributed by atoms with Gasteiger partial charge in [0.2, 0.25) is 0 Å². The first-order valence-corrected chi connectivity index (χ1v) is 5.81. The van der Waals surface area contributed by atoms with E-state index in [2.05, 4.69) is 0 Å². The second-order valence-electron chi connectivity index (χ2n) is 3.70. The summed E-state index contributed by atoms with van der Waals surface area (Å²) in [5.74, 6) is 0.242. The molecule has 0 atom stereocenters. The predicted molar refractivity (Wildman–Crippen MR) is 72.6 cm³/mol. The molecule has 0 aliphatic rings. The van der Waals surface area contributed by atoms with E-state index in [1.807, 2.05) is 36.2 Å². The van der Waals surface area contributed by atoms with E-state index in [-0.39, 0.29) is 5.75 Å². The Kier molecular flexibility index (Phi) is 3.46. The molecule has 17 heavy (non-hydrogen) atoms. The third-order valence-electron chi connectivity index (χ3n) is 2.47. The molecule has 0 aliphatic carbocycles. The van der Waals surface area contributed by atoms with Crippen molar-refractivity contribution in [3.05, 3.63) is 52.5 Å². The van der Waals surface area contributed by atoms with Crippen LogP contribution in [0.15, 0.2) is 42.5 Å². The van der Waals surface area contributed by atoms with Crippen molar-refractivity contribution >= 4 is 34.6 Å². The molecule has 88 valence electrons. The average Bonchev–Trinajstić information content (AvgIpc) is 2.28. The van der Waals surface area contributed by atoms with Gasteiger partial charge < -0.3 is 10.0 Å². The van der Waals surface area contributed by atoms with Crippen molar-refractivity contribution in [3.63, 3.8) is 0 Å². The Morgan fingerprint density at radius 1 is 0.882 bits per heavy atom. The number of phenols is 1. The fourth-order valence-corrected chi connectivity index (χ4v) is 2.07. The highest BCUT2D eigenvalue weighted by molar-refractivity contribution is 6.35. The van der Waals surface area contributed by atoms with Gasteiger partial charge in [0.1, 0.15) is 5.75 Å². The molecule has 2 aromatic rings. The number of phenolic OH excluding ortho intramolecular Hbond substituents is 1. The molecule has 0 heterocycles. The van der Waals surface area contributed by atoms with E-state index < -0.39 is 0 Å². The normalized spacial score (nSPS) is 10.3. The number of nitrogens with zero attached hydrogens (tertiary/aromatic N) is 1. The second-order valence-corrected chi connectivity index (χ2v) is 4.58. The first-order chi connectivity index (χ1) is 8.06. The van der Waals surface area contributed by atoms with Crippen LogP contribution >= 0.6 is 23.2 Å². The average molecular weight is 268 g/mol. The molecule has 0 spiro atoms. The van der Waals surface area contributed by atoms with Crippen LogP contribution in [0.2, 0.25) is 10.0 Å². The molecule has 0 radical (unpaired) electrons. The van der Waals surface area contributed by atoms with Crippen LogP contribution in [-0.2, 0) is 0 Å². The number of hydrogen-bond acceptors (Lipinski definition) is 2. The SMILES string of the molecule is CN(c1ccc(O)cc1)c1cc(Cl)cc(Cl)c1. The number of anilines is 2. The molecular formula is C13H11Cl2NO. The van der Waals surface area contributed by atoms with E-state index in [0.717, 1.165) is 11.4 Å². The van der Waals surface area contributed by atoms with Gasteiger partial charge in [0.15, 0.2) is 0 Å². The van der Waals surface area contributed by atoms with E-state index in [1.165, 1.54) is 0 Å². The van der Waals surface area contributed by atoms with E-state index in [4.69, 9.17) is 23.2 Å². The fraction of sp³-hybridized carbons (Fsp3) is 0.0769. The molecular weight excluding hydrogens is 257 g/mol. The van der Waals surface area contributed by atoms with Gasteiger partial charge in [-0.2, -0.15) is 0 Å². The van der Waals surface area contributed by atoms with Gasteiger partial charge in [-0.25, -0.2) is 0 Å². The quantitative estimate of drug-likeness (QED) is 0.868. The summed E-state index contributed by atoms with van der Waals surface area (Å²) in [7, 11) is 1.91. The molecule has 0 saturated heterocycles. The van der Waals surface area contributed by atoms with Crippen LogP contribution in [0.5, 0.6) is 5.75 Å². The fourth-order valence-electron chi connectivity index (χ4n) is 1.56. The van der Waals surface area contributed by atoms with Crippen molar-refractivity contribution in [2.75, 3.05) is 11.9 Å². The Morgan fingerprint density at radius 2 is 1.41 bits per heavy atom. The zero-order chi connectivity index (χ0) is 12.4. The van der Waals surface area contributed by atoms with Gasteiger partial charge >= 0.3 is 0 Å². The highest BCUT2D eigenvalue weighted by Crippen LogP contribution is 2.30. The molecule has 2 nitrogen and oxygen atoms in total. The Morgan fingerprint density at radius 3 is 1.94 bits per heavy atom. The molecule has 0 bridgehead atoms. The summed E-state index contributed by atoms with van der Waals surface area (Å²) in [6.45, 7) is 0. The number of aromatic hydroxyl groups is 1. The third kappa shape index (κ3) is 2.84. The highest BCUT2D eigenvalue weighted by Gasteiger charge is 2.06. The molecule has 0 fully saturated rings. The van der Waals surface area contributed by atoms with Crippen molar-refractivity contribution in [1.82, 2.24) is 0 Å². The molecule has 2 rings (SSSR count). The monoisotopic (exact) mass is 267 g/mol. The van der Waals surface area contributed by atoms with Crippen LogP contribution in [0, 0.1) is 0 Å². The lowest BCUT2D eigenvalue weighted by atomic mass is 10.2. The maximum atomic E-state index is 9.24. The number of hydrogen-bond donors (Lipinski definition) is 1. The maximum Gasteiger partial charge on any atom is 0.115 e. The minimum Gasteiger partial charge on any atom is -0.508 e. The van der Waals surface area contributed by atoms with E-state index in [1.54, 1.807) is 18.2 Å². The Bertz CT molecular complexity index is 505. The Labute approximate surface area is 110 Å². The number of rotatable bonds is 2. The summed E-state index contributed by atoms with van der Waals surface area (Å²) in [5.41, 5.74) is 1.84. The maximum absolute atomic E-state index is 9.24. The van der Waals surface area contributed by atoms with E-state index in [9.17, 15) is 5.11 Å². The van der Waals surface area contributed by atoms with Crippen molar-refractivity contribution in [3.8, 4) is 5.75 Å². The molecule has 1 N–H and O–H groups in total. The van der Waals surface area contributed by atoms with Gasteiger partial charge in [0, 0.05) is 28.5 Å². The minimum atomic E-state index is 0.242. The molecule has 4 heteroatoms. The summed E-state index contributed by atoms with van der Waals surface area (Å²) in [6, 6.07) is 12.3. The van der Waals surface area contributed by atoms with Crippen LogP contribution in [-0.4, -0.2) is 12.2 Å². The summed E-state index contributed by atoms with van der Waals surface area (Å²) < 4.78 is 0. The van der Waals surface area contributed by atoms with Crippen LogP contribution in [0.3, 0.4) is 0 Å². The van der Waals surface area contributed by atoms with Crippen LogP contribution in [0.1, 0.15) is 0 Å². The lowest BCUT2D eigenvalue weighted by Crippen LogP contribution is -2.08. The van der Waals surface area contributed by atoms with Crippen molar-refractivity contribution < 1.29 is 5.11 Å². The van der Waals surface area contributed by atoms with E-state index >= 15 is 0 Å². The predicted octanol–water partition coefficient (Wildman–Crippen LogP) is 4.47. The van der Waals surface area contributed by atoms with E-state index in [0.29, 0.717) is 10.0 Å². The van der Waals surface area contributed by atoms with Crippen LogP contribution in [0.4, 0.5) is 11.4 Å². The van der Waals surface area contributed by atoms with Gasteiger partial charge in [-0.15, -0.1) is 0 Å².